The standard InChI is InChI=1S/C24H24ClNO5/c1-4-31-24-18(8-5-9-21(24)29-2)23(28)19-15-16(25)10-12-20(19)26-14-6-7-17(26)11-13-22(27)30-3/h5-15,23,28H,4H2,1-3H3. The molecule has 7 heteroatoms. The van der Waals surface area contributed by atoms with Gasteiger partial charge in [-0.2, -0.15) is 0 Å². The van der Waals surface area contributed by atoms with Crippen molar-refractivity contribution in [3.63, 3.8) is 0 Å². The number of benzene rings is 2. The molecule has 0 saturated carbocycles. The van der Waals surface area contributed by atoms with Crippen LogP contribution in [0.15, 0.2) is 60.8 Å². The summed E-state index contributed by atoms with van der Waals surface area (Å²) < 4.78 is 17.7. The first kappa shape index (κ1) is 22.5. The smallest absolute Gasteiger partial charge is 0.330 e. The van der Waals surface area contributed by atoms with Crippen molar-refractivity contribution >= 4 is 23.6 Å². The molecule has 3 rings (SSSR count). The van der Waals surface area contributed by atoms with Gasteiger partial charge in [-0.25, -0.2) is 4.79 Å². The zero-order valence-electron chi connectivity index (χ0n) is 17.5. The van der Waals surface area contributed by atoms with Crippen molar-refractivity contribution in [3.8, 4) is 17.2 Å². The van der Waals surface area contributed by atoms with Crippen LogP contribution in [0.2, 0.25) is 5.02 Å². The number of hydrogen-bond donors (Lipinski definition) is 1. The van der Waals surface area contributed by atoms with E-state index in [9.17, 15) is 9.90 Å². The number of ether oxygens (including phenoxy) is 3. The Morgan fingerprint density at radius 3 is 2.68 bits per heavy atom. The highest BCUT2D eigenvalue weighted by atomic mass is 35.5. The van der Waals surface area contributed by atoms with Crippen molar-refractivity contribution in [1.29, 1.82) is 0 Å². The summed E-state index contributed by atoms with van der Waals surface area (Å²) in [5.41, 5.74) is 2.57. The Bertz CT molecular complexity index is 1090. The van der Waals surface area contributed by atoms with Gasteiger partial charge in [-0.05, 0) is 49.4 Å². The number of carbonyl (C=O) groups is 1. The SMILES string of the molecule is CCOc1c(OC)cccc1C(O)c1cc(Cl)ccc1-n1cccc1C=CC(=O)OC. The second-order valence-electron chi connectivity index (χ2n) is 6.58. The maximum Gasteiger partial charge on any atom is 0.330 e. The normalized spacial score (nSPS) is 12.0. The Morgan fingerprint density at radius 2 is 1.97 bits per heavy atom. The molecule has 6 nitrogen and oxygen atoms in total. The highest BCUT2D eigenvalue weighted by Crippen LogP contribution is 2.39. The second-order valence-corrected chi connectivity index (χ2v) is 7.01. The van der Waals surface area contributed by atoms with E-state index < -0.39 is 12.1 Å². The lowest BCUT2D eigenvalue weighted by Gasteiger charge is -2.21. The van der Waals surface area contributed by atoms with E-state index >= 15 is 0 Å². The van der Waals surface area contributed by atoms with Gasteiger partial charge in [0.2, 0.25) is 0 Å². The topological polar surface area (TPSA) is 69.9 Å². The van der Waals surface area contributed by atoms with Gasteiger partial charge >= 0.3 is 5.97 Å². The highest BCUT2D eigenvalue weighted by Gasteiger charge is 2.23. The molecule has 0 amide bonds. The van der Waals surface area contributed by atoms with Gasteiger partial charge in [-0.3, -0.25) is 0 Å². The summed E-state index contributed by atoms with van der Waals surface area (Å²) in [4.78, 5) is 11.5. The van der Waals surface area contributed by atoms with Gasteiger partial charge < -0.3 is 23.9 Å². The molecule has 1 heterocycles. The molecular weight excluding hydrogens is 418 g/mol. The Morgan fingerprint density at radius 1 is 1.16 bits per heavy atom. The molecule has 3 aromatic rings. The van der Waals surface area contributed by atoms with Gasteiger partial charge in [0.25, 0.3) is 0 Å². The molecule has 1 unspecified atom stereocenters. The monoisotopic (exact) mass is 441 g/mol. The van der Waals surface area contributed by atoms with E-state index in [1.807, 2.05) is 35.9 Å². The number of aromatic nitrogens is 1. The number of aliphatic hydroxyl groups is 1. The molecule has 0 bridgehead atoms. The van der Waals surface area contributed by atoms with E-state index in [1.165, 1.54) is 13.2 Å². The van der Waals surface area contributed by atoms with E-state index in [4.69, 9.17) is 21.1 Å². The molecule has 0 fully saturated rings. The van der Waals surface area contributed by atoms with Crippen LogP contribution >= 0.6 is 11.6 Å². The van der Waals surface area contributed by atoms with Gasteiger partial charge in [0.05, 0.1) is 26.5 Å². The maximum absolute atomic E-state index is 11.5. The van der Waals surface area contributed by atoms with Crippen LogP contribution in [0.1, 0.15) is 29.8 Å². The minimum Gasteiger partial charge on any atom is -0.493 e. The second kappa shape index (κ2) is 10.2. The zero-order chi connectivity index (χ0) is 22.4. The number of para-hydroxylation sites is 1. The average Bonchev–Trinajstić information content (AvgIpc) is 3.25. The van der Waals surface area contributed by atoms with E-state index in [-0.39, 0.29) is 0 Å². The van der Waals surface area contributed by atoms with Gasteiger partial charge in [-0.1, -0.05) is 23.7 Å². The molecule has 1 N–H and O–H groups in total. The molecule has 0 radical (unpaired) electrons. The lowest BCUT2D eigenvalue weighted by atomic mass is 9.98. The number of halogens is 1. The van der Waals surface area contributed by atoms with Crippen LogP contribution in [0, 0.1) is 0 Å². The van der Waals surface area contributed by atoms with Gasteiger partial charge in [-0.15, -0.1) is 0 Å². The summed E-state index contributed by atoms with van der Waals surface area (Å²) in [6.45, 7) is 2.29. The summed E-state index contributed by atoms with van der Waals surface area (Å²) in [5.74, 6) is 0.552. The summed E-state index contributed by atoms with van der Waals surface area (Å²) in [6.07, 6.45) is 3.79. The first-order chi connectivity index (χ1) is 15.0. The molecule has 0 aliphatic rings. The van der Waals surface area contributed by atoms with Crippen molar-refractivity contribution in [1.82, 2.24) is 4.57 Å². The third-order valence-electron chi connectivity index (χ3n) is 4.73. The summed E-state index contributed by atoms with van der Waals surface area (Å²) in [7, 11) is 2.88. The van der Waals surface area contributed by atoms with Gasteiger partial charge in [0, 0.05) is 34.1 Å². The van der Waals surface area contributed by atoms with E-state index in [1.54, 1.807) is 43.5 Å². The fourth-order valence-electron chi connectivity index (χ4n) is 3.31. The molecule has 2 aromatic carbocycles. The lowest BCUT2D eigenvalue weighted by Crippen LogP contribution is -2.09. The van der Waals surface area contributed by atoms with E-state index in [0.717, 1.165) is 5.69 Å². The average molecular weight is 442 g/mol. The molecule has 0 aliphatic heterocycles. The molecule has 31 heavy (non-hydrogen) atoms. The largest absolute Gasteiger partial charge is 0.493 e. The Labute approximate surface area is 186 Å². The zero-order valence-corrected chi connectivity index (χ0v) is 18.3. The molecule has 0 saturated heterocycles. The molecule has 1 aromatic heterocycles. The van der Waals surface area contributed by atoms with Crippen LogP contribution in [0.5, 0.6) is 11.5 Å². The summed E-state index contributed by atoms with van der Waals surface area (Å²) in [5, 5.41) is 11.9. The summed E-state index contributed by atoms with van der Waals surface area (Å²) >= 11 is 6.28. The number of nitrogens with zero attached hydrogens (tertiary/aromatic N) is 1. The molecular formula is C24H24ClNO5. The quantitative estimate of drug-likeness (QED) is 0.401. The first-order valence-electron chi connectivity index (χ1n) is 9.71. The number of rotatable bonds is 8. The predicted octanol–water partition coefficient (Wildman–Crippen LogP) is 4.81. The Balaban J connectivity index is 2.12. The fraction of sp³-hybridized carbons (Fsp3) is 0.208. The molecule has 1 atom stereocenters. The third kappa shape index (κ3) is 4.93. The van der Waals surface area contributed by atoms with Crippen molar-refractivity contribution in [2.24, 2.45) is 0 Å². The van der Waals surface area contributed by atoms with Crippen LogP contribution in [-0.4, -0.2) is 36.5 Å². The lowest BCUT2D eigenvalue weighted by molar-refractivity contribution is -0.134. The molecule has 0 spiro atoms. The summed E-state index contributed by atoms with van der Waals surface area (Å²) in [6, 6.07) is 14.3. The third-order valence-corrected chi connectivity index (χ3v) is 4.96. The van der Waals surface area contributed by atoms with Crippen LogP contribution in [0.4, 0.5) is 0 Å². The Hall–Kier alpha value is -3.22. The maximum atomic E-state index is 11.5. The number of aliphatic hydroxyl groups excluding tert-OH is 1. The molecule has 162 valence electrons. The number of carbonyl (C=O) groups excluding carboxylic acids is 1. The van der Waals surface area contributed by atoms with Crippen molar-refractivity contribution < 1.29 is 24.1 Å². The van der Waals surface area contributed by atoms with E-state index in [2.05, 4.69) is 4.74 Å². The van der Waals surface area contributed by atoms with Crippen molar-refractivity contribution in [2.75, 3.05) is 20.8 Å². The number of methoxy groups -OCH3 is 2. The Kier molecular flexibility index (Phi) is 7.39. The van der Waals surface area contributed by atoms with Gasteiger partial charge in [0.1, 0.15) is 6.10 Å². The minimum absolute atomic E-state index is 0.419. The van der Waals surface area contributed by atoms with Crippen LogP contribution in [0.25, 0.3) is 11.8 Å². The number of esters is 1. The number of hydrogen-bond acceptors (Lipinski definition) is 5. The van der Waals surface area contributed by atoms with Crippen LogP contribution < -0.4 is 9.47 Å². The highest BCUT2D eigenvalue weighted by molar-refractivity contribution is 6.30. The van der Waals surface area contributed by atoms with Gasteiger partial charge in [0.15, 0.2) is 11.5 Å². The predicted molar refractivity (Wildman–Crippen MR) is 120 cm³/mol. The fourth-order valence-corrected chi connectivity index (χ4v) is 3.49. The van der Waals surface area contributed by atoms with Crippen molar-refractivity contribution in [2.45, 2.75) is 13.0 Å². The van der Waals surface area contributed by atoms with Crippen LogP contribution in [0.3, 0.4) is 0 Å². The first-order valence-corrected chi connectivity index (χ1v) is 10.1. The van der Waals surface area contributed by atoms with E-state index in [0.29, 0.717) is 39.9 Å². The van der Waals surface area contributed by atoms with Crippen molar-refractivity contribution in [3.05, 3.63) is 82.6 Å². The minimum atomic E-state index is -1.04. The molecule has 0 aliphatic carbocycles. The van der Waals surface area contributed by atoms with Crippen LogP contribution in [-0.2, 0) is 9.53 Å².